The van der Waals surface area contributed by atoms with Crippen LogP contribution in [0.25, 0.3) is 0 Å². The van der Waals surface area contributed by atoms with Crippen molar-refractivity contribution in [2.24, 2.45) is 0 Å². The Labute approximate surface area is 94.1 Å². The molecule has 1 unspecified atom stereocenters. The maximum Gasteiger partial charge on any atom is 0.323 e. The number of rotatable bonds is 6. The molecule has 0 spiro atoms. The van der Waals surface area contributed by atoms with Gasteiger partial charge in [0.1, 0.15) is 0 Å². The first kappa shape index (κ1) is 12.4. The van der Waals surface area contributed by atoms with Gasteiger partial charge in [-0.15, -0.1) is 0 Å². The van der Waals surface area contributed by atoms with E-state index in [9.17, 15) is 0 Å². The zero-order valence-corrected chi connectivity index (χ0v) is 9.47. The van der Waals surface area contributed by atoms with E-state index < -0.39 is 0 Å². The number of aromatic nitrogens is 3. The maximum absolute atomic E-state index is 8.77. The summed E-state index contributed by atoms with van der Waals surface area (Å²) in [4.78, 5) is 11.8. The summed E-state index contributed by atoms with van der Waals surface area (Å²) < 4.78 is 5.14. The van der Waals surface area contributed by atoms with Crippen LogP contribution in [-0.4, -0.2) is 39.3 Å². The number of aliphatic hydroxyl groups excluding tert-OH is 1. The SMILES string of the molecule is CCOc1nc(N)nc(NC(C)CCO)n1. The van der Waals surface area contributed by atoms with Gasteiger partial charge in [0.25, 0.3) is 0 Å². The fourth-order valence-electron chi connectivity index (χ4n) is 1.12. The normalized spacial score (nSPS) is 12.2. The van der Waals surface area contributed by atoms with Crippen LogP contribution in [0.1, 0.15) is 20.3 Å². The monoisotopic (exact) mass is 227 g/mol. The number of hydrogen-bond donors (Lipinski definition) is 3. The number of hydrogen-bond acceptors (Lipinski definition) is 7. The first-order valence-corrected chi connectivity index (χ1v) is 5.17. The average molecular weight is 227 g/mol. The van der Waals surface area contributed by atoms with E-state index >= 15 is 0 Å². The molecule has 1 atom stereocenters. The van der Waals surface area contributed by atoms with Gasteiger partial charge in [-0.3, -0.25) is 0 Å². The zero-order valence-electron chi connectivity index (χ0n) is 9.47. The van der Waals surface area contributed by atoms with E-state index in [4.69, 9.17) is 15.6 Å². The van der Waals surface area contributed by atoms with Gasteiger partial charge in [0.2, 0.25) is 11.9 Å². The summed E-state index contributed by atoms with van der Waals surface area (Å²) in [5.74, 6) is 0.467. The zero-order chi connectivity index (χ0) is 12.0. The minimum absolute atomic E-state index is 0.0567. The van der Waals surface area contributed by atoms with Crippen molar-refractivity contribution >= 4 is 11.9 Å². The molecule has 4 N–H and O–H groups in total. The quantitative estimate of drug-likeness (QED) is 0.629. The largest absolute Gasteiger partial charge is 0.464 e. The van der Waals surface area contributed by atoms with Crippen LogP contribution in [0.4, 0.5) is 11.9 Å². The number of ether oxygens (including phenoxy) is 1. The van der Waals surface area contributed by atoms with Crippen LogP contribution in [0.2, 0.25) is 0 Å². The van der Waals surface area contributed by atoms with Crippen molar-refractivity contribution in [1.82, 2.24) is 15.0 Å². The molecule has 90 valence electrons. The molecule has 0 aromatic carbocycles. The molecular formula is C9H17N5O2. The Kier molecular flexibility index (Phi) is 4.71. The molecule has 0 fully saturated rings. The maximum atomic E-state index is 8.77. The summed E-state index contributed by atoms with van der Waals surface area (Å²) in [6.07, 6.45) is 0.607. The van der Waals surface area contributed by atoms with Gasteiger partial charge in [-0.25, -0.2) is 0 Å². The number of nitrogens with one attached hydrogen (secondary N) is 1. The van der Waals surface area contributed by atoms with Gasteiger partial charge in [0.15, 0.2) is 0 Å². The molecule has 0 aliphatic carbocycles. The van der Waals surface area contributed by atoms with Crippen LogP contribution in [0.15, 0.2) is 0 Å². The first-order valence-electron chi connectivity index (χ1n) is 5.17. The standard InChI is InChI=1S/C9H17N5O2/c1-3-16-9-13-7(10)12-8(14-9)11-6(2)4-5-15/h6,15H,3-5H2,1-2H3,(H3,10,11,12,13,14). The van der Waals surface area contributed by atoms with Crippen LogP contribution in [0.5, 0.6) is 6.01 Å². The Morgan fingerprint density at radius 3 is 2.81 bits per heavy atom. The molecule has 1 aromatic heterocycles. The molecular weight excluding hydrogens is 210 g/mol. The molecule has 0 aliphatic rings. The lowest BCUT2D eigenvalue weighted by molar-refractivity contribution is 0.281. The minimum atomic E-state index is 0.0567. The van der Waals surface area contributed by atoms with Gasteiger partial charge in [0.05, 0.1) is 6.61 Å². The molecule has 7 nitrogen and oxygen atoms in total. The number of nitrogens with zero attached hydrogens (tertiary/aromatic N) is 3. The highest BCUT2D eigenvalue weighted by molar-refractivity contribution is 5.33. The Hall–Kier alpha value is -1.63. The highest BCUT2D eigenvalue weighted by Crippen LogP contribution is 2.10. The van der Waals surface area contributed by atoms with Crippen LogP contribution in [0, 0.1) is 0 Å². The van der Waals surface area contributed by atoms with Crippen molar-refractivity contribution in [3.8, 4) is 6.01 Å². The van der Waals surface area contributed by atoms with E-state index in [0.717, 1.165) is 0 Å². The third-order valence-corrected chi connectivity index (χ3v) is 1.84. The van der Waals surface area contributed by atoms with Gasteiger partial charge < -0.3 is 20.9 Å². The van der Waals surface area contributed by atoms with E-state index in [2.05, 4.69) is 20.3 Å². The van der Waals surface area contributed by atoms with Gasteiger partial charge in [-0.05, 0) is 20.3 Å². The fourth-order valence-corrected chi connectivity index (χ4v) is 1.12. The highest BCUT2D eigenvalue weighted by Gasteiger charge is 2.07. The molecule has 0 radical (unpaired) electrons. The van der Waals surface area contributed by atoms with Crippen molar-refractivity contribution in [2.75, 3.05) is 24.3 Å². The number of aliphatic hydroxyl groups is 1. The summed E-state index contributed by atoms with van der Waals surface area (Å²) in [6.45, 7) is 4.32. The molecule has 0 saturated heterocycles. The molecule has 1 rings (SSSR count). The Morgan fingerprint density at radius 2 is 2.19 bits per heavy atom. The van der Waals surface area contributed by atoms with Crippen molar-refractivity contribution in [1.29, 1.82) is 0 Å². The summed E-state index contributed by atoms with van der Waals surface area (Å²) in [7, 11) is 0. The number of nitrogens with two attached hydrogens (primary N) is 1. The number of anilines is 2. The van der Waals surface area contributed by atoms with Crippen LogP contribution in [-0.2, 0) is 0 Å². The van der Waals surface area contributed by atoms with E-state index in [-0.39, 0.29) is 24.6 Å². The third kappa shape index (κ3) is 3.85. The van der Waals surface area contributed by atoms with Gasteiger partial charge in [0, 0.05) is 12.6 Å². The summed E-state index contributed by atoms with van der Waals surface area (Å²) in [6, 6.07) is 0.259. The lowest BCUT2D eigenvalue weighted by Crippen LogP contribution is -2.19. The summed E-state index contributed by atoms with van der Waals surface area (Å²) >= 11 is 0. The van der Waals surface area contributed by atoms with Crippen LogP contribution >= 0.6 is 0 Å². The second-order valence-corrected chi connectivity index (χ2v) is 3.29. The van der Waals surface area contributed by atoms with Crippen molar-refractivity contribution in [3.63, 3.8) is 0 Å². The molecule has 0 aliphatic heterocycles. The molecule has 16 heavy (non-hydrogen) atoms. The van der Waals surface area contributed by atoms with E-state index in [0.29, 0.717) is 19.0 Å². The van der Waals surface area contributed by atoms with Gasteiger partial charge in [-0.2, -0.15) is 15.0 Å². The average Bonchev–Trinajstić information content (AvgIpc) is 2.17. The molecule has 0 bridgehead atoms. The summed E-state index contributed by atoms with van der Waals surface area (Å²) in [5, 5.41) is 11.8. The first-order chi connectivity index (χ1) is 7.65. The van der Waals surface area contributed by atoms with Crippen molar-refractivity contribution < 1.29 is 9.84 Å². The molecule has 1 heterocycles. The predicted molar refractivity (Wildman–Crippen MR) is 60.2 cm³/mol. The third-order valence-electron chi connectivity index (χ3n) is 1.84. The predicted octanol–water partition coefficient (Wildman–Crippen LogP) is 0.0353. The Balaban J connectivity index is 2.71. The lowest BCUT2D eigenvalue weighted by atomic mass is 10.2. The van der Waals surface area contributed by atoms with E-state index in [1.165, 1.54) is 0 Å². The molecule has 0 amide bonds. The van der Waals surface area contributed by atoms with Gasteiger partial charge in [-0.1, -0.05) is 0 Å². The second kappa shape index (κ2) is 6.06. The Morgan fingerprint density at radius 1 is 1.44 bits per heavy atom. The minimum Gasteiger partial charge on any atom is -0.464 e. The van der Waals surface area contributed by atoms with Crippen LogP contribution < -0.4 is 15.8 Å². The molecule has 1 aromatic rings. The second-order valence-electron chi connectivity index (χ2n) is 3.29. The highest BCUT2D eigenvalue weighted by atomic mass is 16.5. The van der Waals surface area contributed by atoms with Crippen LogP contribution in [0.3, 0.4) is 0 Å². The van der Waals surface area contributed by atoms with Crippen molar-refractivity contribution in [3.05, 3.63) is 0 Å². The van der Waals surface area contributed by atoms with Crippen molar-refractivity contribution in [2.45, 2.75) is 26.3 Å². The molecule has 0 saturated carbocycles. The number of nitrogen functional groups attached to an aromatic ring is 1. The Bertz CT molecular complexity index is 334. The smallest absolute Gasteiger partial charge is 0.323 e. The van der Waals surface area contributed by atoms with E-state index in [1.807, 2.05) is 13.8 Å². The molecule has 7 heteroatoms. The summed E-state index contributed by atoms with van der Waals surface area (Å²) in [5.41, 5.74) is 5.51. The lowest BCUT2D eigenvalue weighted by Gasteiger charge is -2.12. The fraction of sp³-hybridized carbons (Fsp3) is 0.667. The topological polar surface area (TPSA) is 106 Å². The van der Waals surface area contributed by atoms with E-state index in [1.54, 1.807) is 0 Å². The van der Waals surface area contributed by atoms with Gasteiger partial charge >= 0.3 is 6.01 Å².